The molecule has 0 heterocycles. The predicted molar refractivity (Wildman–Crippen MR) is 175 cm³/mol. The van der Waals surface area contributed by atoms with E-state index in [9.17, 15) is 29.7 Å². The highest BCUT2D eigenvalue weighted by molar-refractivity contribution is 5.77. The van der Waals surface area contributed by atoms with Gasteiger partial charge in [0.2, 0.25) is 0 Å². The highest BCUT2D eigenvalue weighted by Crippen LogP contribution is 2.34. The van der Waals surface area contributed by atoms with Crippen LogP contribution in [0.25, 0.3) is 0 Å². The van der Waals surface area contributed by atoms with Crippen LogP contribution in [-0.2, 0) is 14.4 Å². The maximum absolute atomic E-state index is 12.5. The molecular formula is C36H67NO6. The first-order chi connectivity index (χ1) is 20.7. The Hall–Kier alpha value is -1.89. The van der Waals surface area contributed by atoms with Crippen LogP contribution in [0.15, 0.2) is 12.3 Å². The average molecular weight is 610 g/mol. The van der Waals surface area contributed by atoms with E-state index in [0.29, 0.717) is 25.7 Å². The molecule has 0 aromatic carbocycles. The van der Waals surface area contributed by atoms with Gasteiger partial charge in [-0.05, 0) is 31.8 Å². The fraction of sp³-hybridized carbons (Fsp3) is 0.861. The van der Waals surface area contributed by atoms with E-state index in [1.165, 1.54) is 89.9 Å². The zero-order chi connectivity index (χ0) is 32.3. The van der Waals surface area contributed by atoms with Gasteiger partial charge in [0.15, 0.2) is 12.1 Å². The molecule has 252 valence electrons. The molecule has 0 aromatic rings. The summed E-state index contributed by atoms with van der Waals surface area (Å²) >= 11 is 0. The minimum absolute atomic E-state index is 0.160. The topological polar surface area (TPSA) is 115 Å². The number of carbonyl (C=O) groups excluding carboxylic acids is 1. The molecule has 0 aliphatic heterocycles. The van der Waals surface area contributed by atoms with Crippen molar-refractivity contribution < 1.29 is 34.2 Å². The lowest BCUT2D eigenvalue weighted by molar-refractivity contribution is -0.930. The summed E-state index contributed by atoms with van der Waals surface area (Å²) < 4.78 is -0.610. The van der Waals surface area contributed by atoms with Crippen molar-refractivity contribution in [2.45, 2.75) is 200 Å². The number of quaternary nitrogens is 1. The van der Waals surface area contributed by atoms with Crippen LogP contribution in [-0.4, -0.2) is 50.7 Å². The standard InChI is InChI=1S/C36H67NO6/c1-5-9-10-11-12-13-14-15-16-17-18-19-20-21-22-23-24-25-26-30-37(31(27-6-2)34(38)39,32(28-7-3)35(40)41)33(29-8-4)36(42)43/h26,30-33H,5-25,27-29H2,1-4H3,(H2-,38,39,40,41,42,43)/b30-26+. The molecule has 0 radical (unpaired) electrons. The van der Waals surface area contributed by atoms with Crippen LogP contribution in [0, 0.1) is 0 Å². The number of carboxylic acids is 3. The van der Waals surface area contributed by atoms with E-state index in [0.717, 1.165) is 19.3 Å². The first kappa shape index (κ1) is 41.1. The second-order valence-electron chi connectivity index (χ2n) is 12.6. The van der Waals surface area contributed by atoms with Gasteiger partial charge in [0.05, 0.1) is 12.2 Å². The Balaban J connectivity index is 4.91. The average Bonchev–Trinajstić information content (AvgIpc) is 2.97. The van der Waals surface area contributed by atoms with Gasteiger partial charge < -0.3 is 20.1 Å². The van der Waals surface area contributed by atoms with Crippen molar-refractivity contribution in [3.63, 3.8) is 0 Å². The minimum Gasteiger partial charge on any atom is -0.544 e. The van der Waals surface area contributed by atoms with Gasteiger partial charge in [0.1, 0.15) is 6.04 Å². The van der Waals surface area contributed by atoms with Crippen molar-refractivity contribution in [2.75, 3.05) is 0 Å². The number of carbonyl (C=O) groups is 3. The summed E-state index contributed by atoms with van der Waals surface area (Å²) in [7, 11) is 0. The van der Waals surface area contributed by atoms with Crippen LogP contribution in [0.5, 0.6) is 0 Å². The van der Waals surface area contributed by atoms with Crippen molar-refractivity contribution in [1.29, 1.82) is 0 Å². The van der Waals surface area contributed by atoms with E-state index in [2.05, 4.69) is 6.92 Å². The number of hydrogen-bond acceptors (Lipinski definition) is 4. The fourth-order valence-corrected chi connectivity index (χ4v) is 6.63. The fourth-order valence-electron chi connectivity index (χ4n) is 6.63. The Labute approximate surface area is 264 Å². The Morgan fingerprint density at radius 1 is 0.535 bits per heavy atom. The third-order valence-corrected chi connectivity index (χ3v) is 8.99. The zero-order valence-corrected chi connectivity index (χ0v) is 28.3. The summed E-state index contributed by atoms with van der Waals surface area (Å²) in [5, 5.41) is 32.9. The first-order valence-corrected chi connectivity index (χ1v) is 18.0. The molecule has 0 amide bonds. The SMILES string of the molecule is CCCCCCCCCCCCCCCCCCC/C=C/[N+](C(CCC)C(=O)[O-])(C(CCC)C(=O)O)C(CCC)C(=O)O. The third-order valence-electron chi connectivity index (χ3n) is 8.99. The van der Waals surface area contributed by atoms with Gasteiger partial charge in [0, 0.05) is 19.3 Å². The van der Waals surface area contributed by atoms with Gasteiger partial charge >= 0.3 is 11.9 Å². The summed E-state index contributed by atoms with van der Waals surface area (Å²) in [4.78, 5) is 37.5. The molecule has 0 aliphatic rings. The van der Waals surface area contributed by atoms with Crippen LogP contribution in [0.3, 0.4) is 0 Å². The number of hydrogen-bond donors (Lipinski definition) is 2. The molecule has 0 spiro atoms. The van der Waals surface area contributed by atoms with E-state index in [4.69, 9.17) is 0 Å². The third kappa shape index (κ3) is 16.7. The summed E-state index contributed by atoms with van der Waals surface area (Å²) in [5.74, 6) is -3.70. The summed E-state index contributed by atoms with van der Waals surface area (Å²) in [6.45, 7) is 7.78. The molecule has 0 aromatic heterocycles. The van der Waals surface area contributed by atoms with Crippen LogP contribution < -0.4 is 5.11 Å². The maximum Gasteiger partial charge on any atom is 0.363 e. The molecule has 2 N–H and O–H groups in total. The van der Waals surface area contributed by atoms with Crippen molar-refractivity contribution in [3.8, 4) is 0 Å². The quantitative estimate of drug-likeness (QED) is 0.0600. The van der Waals surface area contributed by atoms with Crippen LogP contribution in [0.1, 0.15) is 182 Å². The number of rotatable bonds is 31. The normalized spacial score (nSPS) is 15.3. The first-order valence-electron chi connectivity index (χ1n) is 18.0. The summed E-state index contributed by atoms with van der Waals surface area (Å²) in [6, 6.07) is -3.57. The lowest BCUT2D eigenvalue weighted by atomic mass is 9.93. The lowest BCUT2D eigenvalue weighted by Gasteiger charge is -2.49. The number of nitrogens with zero attached hydrogens (tertiary/aromatic N) is 1. The second-order valence-corrected chi connectivity index (χ2v) is 12.6. The van der Waals surface area contributed by atoms with Gasteiger partial charge in [-0.25, -0.2) is 9.59 Å². The molecular weight excluding hydrogens is 542 g/mol. The van der Waals surface area contributed by atoms with Gasteiger partial charge in [-0.1, -0.05) is 137 Å². The van der Waals surface area contributed by atoms with Gasteiger partial charge in [0.25, 0.3) is 0 Å². The highest BCUT2D eigenvalue weighted by atomic mass is 16.4. The van der Waals surface area contributed by atoms with Crippen molar-refractivity contribution in [3.05, 3.63) is 12.3 Å². The molecule has 3 unspecified atom stereocenters. The molecule has 0 rings (SSSR count). The largest absolute Gasteiger partial charge is 0.544 e. The smallest absolute Gasteiger partial charge is 0.363 e. The molecule has 0 aliphatic carbocycles. The van der Waals surface area contributed by atoms with E-state index < -0.39 is 40.5 Å². The van der Waals surface area contributed by atoms with E-state index >= 15 is 0 Å². The highest BCUT2D eigenvalue weighted by Gasteiger charge is 2.54. The van der Waals surface area contributed by atoms with Gasteiger partial charge in [-0.3, -0.25) is 4.48 Å². The van der Waals surface area contributed by atoms with Crippen LogP contribution in [0.4, 0.5) is 0 Å². The van der Waals surface area contributed by atoms with Gasteiger partial charge in [-0.15, -0.1) is 0 Å². The molecule has 0 saturated heterocycles. The number of carboxylic acid groups (broad SMARTS) is 3. The summed E-state index contributed by atoms with van der Waals surface area (Å²) in [5.41, 5.74) is 0. The minimum atomic E-state index is -1.38. The maximum atomic E-state index is 12.5. The van der Waals surface area contributed by atoms with Crippen LogP contribution in [0.2, 0.25) is 0 Å². The lowest BCUT2D eigenvalue weighted by Crippen LogP contribution is -2.71. The van der Waals surface area contributed by atoms with E-state index in [1.807, 2.05) is 26.8 Å². The van der Waals surface area contributed by atoms with Crippen molar-refractivity contribution >= 4 is 17.9 Å². The Bertz CT molecular complexity index is 692. The van der Waals surface area contributed by atoms with Crippen LogP contribution >= 0.6 is 0 Å². The zero-order valence-electron chi connectivity index (χ0n) is 28.3. The predicted octanol–water partition coefficient (Wildman–Crippen LogP) is 8.78. The number of unbranched alkanes of at least 4 members (excludes halogenated alkanes) is 17. The molecule has 0 saturated carbocycles. The van der Waals surface area contributed by atoms with Gasteiger partial charge in [-0.2, -0.15) is 0 Å². The van der Waals surface area contributed by atoms with E-state index in [-0.39, 0.29) is 19.3 Å². The van der Waals surface area contributed by atoms with Crippen molar-refractivity contribution in [1.82, 2.24) is 0 Å². The Kier molecular flexibility index (Phi) is 25.3. The van der Waals surface area contributed by atoms with Crippen molar-refractivity contribution in [2.24, 2.45) is 0 Å². The number of aliphatic carboxylic acids is 3. The van der Waals surface area contributed by atoms with E-state index in [1.54, 1.807) is 6.20 Å². The molecule has 7 nitrogen and oxygen atoms in total. The molecule has 43 heavy (non-hydrogen) atoms. The molecule has 3 atom stereocenters. The Morgan fingerprint density at radius 3 is 1.16 bits per heavy atom. The Morgan fingerprint density at radius 2 is 0.860 bits per heavy atom. The monoisotopic (exact) mass is 609 g/mol. The second kappa shape index (κ2) is 26.5. The molecule has 7 heteroatoms. The number of allylic oxidation sites excluding steroid dienone is 1. The molecule has 0 bridgehead atoms. The summed E-state index contributed by atoms with van der Waals surface area (Å²) in [6.07, 6.45) is 28.1. The molecule has 0 fully saturated rings.